The van der Waals surface area contributed by atoms with Gasteiger partial charge in [0.05, 0.1) is 19.2 Å². The van der Waals surface area contributed by atoms with Crippen LogP contribution in [0.4, 0.5) is 0 Å². The second kappa shape index (κ2) is 4.89. The summed E-state index contributed by atoms with van der Waals surface area (Å²) in [5, 5.41) is 0. The second-order valence-corrected chi connectivity index (χ2v) is 4.86. The zero-order chi connectivity index (χ0) is 14.1. The standard InChI is InChI=1S/C16H16N2O2/c1-11-5-3-6-12(9-11)10-18-15-13(17-16(18)19)7-4-8-14(15)20-2/h3-9H,10H2,1-2H3,(H,17,19). The summed E-state index contributed by atoms with van der Waals surface area (Å²) in [6.45, 7) is 2.57. The van der Waals surface area contributed by atoms with Crippen molar-refractivity contribution in [1.82, 2.24) is 9.55 Å². The summed E-state index contributed by atoms with van der Waals surface area (Å²) >= 11 is 0. The van der Waals surface area contributed by atoms with Crippen LogP contribution in [0.2, 0.25) is 0 Å². The molecule has 0 spiro atoms. The molecule has 102 valence electrons. The van der Waals surface area contributed by atoms with E-state index >= 15 is 0 Å². The minimum Gasteiger partial charge on any atom is -0.494 e. The lowest BCUT2D eigenvalue weighted by atomic mass is 10.1. The average molecular weight is 268 g/mol. The monoisotopic (exact) mass is 268 g/mol. The van der Waals surface area contributed by atoms with Gasteiger partial charge in [0.2, 0.25) is 0 Å². The third-order valence-electron chi connectivity index (χ3n) is 3.40. The highest BCUT2D eigenvalue weighted by Gasteiger charge is 2.11. The zero-order valence-electron chi connectivity index (χ0n) is 11.5. The lowest BCUT2D eigenvalue weighted by Gasteiger charge is -2.07. The number of H-pyrrole nitrogens is 1. The number of aromatic amines is 1. The molecule has 0 saturated heterocycles. The fraction of sp³-hybridized carbons (Fsp3) is 0.188. The molecular weight excluding hydrogens is 252 g/mol. The number of hydrogen-bond donors (Lipinski definition) is 1. The molecule has 0 amide bonds. The number of para-hydroxylation sites is 1. The largest absolute Gasteiger partial charge is 0.494 e. The second-order valence-electron chi connectivity index (χ2n) is 4.86. The summed E-state index contributed by atoms with van der Waals surface area (Å²) in [5.41, 5.74) is 3.76. The van der Waals surface area contributed by atoms with Gasteiger partial charge in [-0.1, -0.05) is 35.9 Å². The van der Waals surface area contributed by atoms with Crippen LogP contribution in [0.25, 0.3) is 11.0 Å². The molecule has 3 aromatic rings. The molecule has 1 heterocycles. The van der Waals surface area contributed by atoms with Crippen LogP contribution in [0.3, 0.4) is 0 Å². The average Bonchev–Trinajstić information content (AvgIpc) is 2.75. The Hall–Kier alpha value is -2.49. The maximum Gasteiger partial charge on any atom is 0.326 e. The van der Waals surface area contributed by atoms with Gasteiger partial charge in [-0.15, -0.1) is 0 Å². The van der Waals surface area contributed by atoms with Gasteiger partial charge in [-0.25, -0.2) is 4.79 Å². The highest BCUT2D eigenvalue weighted by molar-refractivity contribution is 5.82. The Morgan fingerprint density at radius 1 is 1.20 bits per heavy atom. The Labute approximate surface area is 116 Å². The highest BCUT2D eigenvalue weighted by atomic mass is 16.5. The highest BCUT2D eigenvalue weighted by Crippen LogP contribution is 2.23. The molecule has 0 aliphatic carbocycles. The van der Waals surface area contributed by atoms with Crippen LogP contribution in [0.5, 0.6) is 5.75 Å². The van der Waals surface area contributed by atoms with Gasteiger partial charge in [0.15, 0.2) is 0 Å². The fourth-order valence-electron chi connectivity index (χ4n) is 2.49. The molecule has 0 atom stereocenters. The molecule has 0 aliphatic rings. The summed E-state index contributed by atoms with van der Waals surface area (Å²) in [7, 11) is 1.61. The quantitative estimate of drug-likeness (QED) is 0.794. The van der Waals surface area contributed by atoms with E-state index in [0.717, 1.165) is 16.6 Å². The summed E-state index contributed by atoms with van der Waals surface area (Å²) in [6, 6.07) is 13.8. The van der Waals surface area contributed by atoms with E-state index < -0.39 is 0 Å². The number of nitrogens with zero attached hydrogens (tertiary/aromatic N) is 1. The Bertz CT molecular complexity index is 815. The smallest absolute Gasteiger partial charge is 0.326 e. The number of fused-ring (bicyclic) bond motifs is 1. The zero-order valence-corrected chi connectivity index (χ0v) is 11.5. The van der Waals surface area contributed by atoms with Crippen molar-refractivity contribution < 1.29 is 4.74 Å². The van der Waals surface area contributed by atoms with Crippen LogP contribution in [0, 0.1) is 6.92 Å². The molecule has 0 fully saturated rings. The van der Waals surface area contributed by atoms with Crippen LogP contribution in [-0.4, -0.2) is 16.7 Å². The van der Waals surface area contributed by atoms with Gasteiger partial charge >= 0.3 is 5.69 Å². The van der Waals surface area contributed by atoms with E-state index in [2.05, 4.69) is 11.1 Å². The predicted octanol–water partition coefficient (Wildman–Crippen LogP) is 2.69. The predicted molar refractivity (Wildman–Crippen MR) is 79.4 cm³/mol. The number of nitrogens with one attached hydrogen (secondary N) is 1. The molecule has 0 radical (unpaired) electrons. The fourth-order valence-corrected chi connectivity index (χ4v) is 2.49. The van der Waals surface area contributed by atoms with Crippen molar-refractivity contribution in [1.29, 1.82) is 0 Å². The van der Waals surface area contributed by atoms with Crippen molar-refractivity contribution in [3.63, 3.8) is 0 Å². The molecule has 0 saturated carbocycles. The van der Waals surface area contributed by atoms with Crippen molar-refractivity contribution >= 4 is 11.0 Å². The van der Waals surface area contributed by atoms with Gasteiger partial charge in [-0.3, -0.25) is 4.57 Å². The Balaban J connectivity index is 2.16. The first-order chi connectivity index (χ1) is 9.69. The van der Waals surface area contributed by atoms with Crippen LogP contribution in [-0.2, 0) is 6.54 Å². The molecule has 1 N–H and O–H groups in total. The van der Waals surface area contributed by atoms with Gasteiger partial charge < -0.3 is 9.72 Å². The molecule has 0 unspecified atom stereocenters. The molecule has 4 nitrogen and oxygen atoms in total. The van der Waals surface area contributed by atoms with E-state index in [1.165, 1.54) is 5.56 Å². The van der Waals surface area contributed by atoms with Crippen molar-refractivity contribution in [2.75, 3.05) is 7.11 Å². The molecule has 1 aromatic heterocycles. The Morgan fingerprint density at radius 3 is 2.75 bits per heavy atom. The van der Waals surface area contributed by atoms with Crippen molar-refractivity contribution in [2.45, 2.75) is 13.5 Å². The van der Waals surface area contributed by atoms with E-state index in [1.807, 2.05) is 43.3 Å². The number of aromatic nitrogens is 2. The molecular formula is C16H16N2O2. The van der Waals surface area contributed by atoms with Gasteiger partial charge in [0, 0.05) is 0 Å². The van der Waals surface area contributed by atoms with Crippen LogP contribution in [0.15, 0.2) is 47.3 Å². The molecule has 0 aliphatic heterocycles. The summed E-state index contributed by atoms with van der Waals surface area (Å²) in [4.78, 5) is 15.0. The summed E-state index contributed by atoms with van der Waals surface area (Å²) in [6.07, 6.45) is 0. The van der Waals surface area contributed by atoms with Gasteiger partial charge in [-0.05, 0) is 24.6 Å². The van der Waals surface area contributed by atoms with E-state index in [-0.39, 0.29) is 5.69 Å². The lowest BCUT2D eigenvalue weighted by molar-refractivity contribution is 0.417. The first kappa shape index (κ1) is 12.5. The van der Waals surface area contributed by atoms with E-state index in [1.54, 1.807) is 11.7 Å². The lowest BCUT2D eigenvalue weighted by Crippen LogP contribution is -2.17. The number of methoxy groups -OCH3 is 1. The minimum absolute atomic E-state index is 0.119. The number of imidazole rings is 1. The Morgan fingerprint density at radius 2 is 2.00 bits per heavy atom. The third kappa shape index (κ3) is 2.09. The first-order valence-corrected chi connectivity index (χ1v) is 6.50. The third-order valence-corrected chi connectivity index (χ3v) is 3.40. The minimum atomic E-state index is -0.119. The number of aryl methyl sites for hydroxylation is 1. The number of ether oxygens (including phenoxy) is 1. The number of benzene rings is 2. The molecule has 4 heteroatoms. The SMILES string of the molecule is COc1cccc2[nH]c(=O)n(Cc3cccc(C)c3)c12. The Kier molecular flexibility index (Phi) is 3.06. The summed E-state index contributed by atoms with van der Waals surface area (Å²) < 4.78 is 7.07. The maximum absolute atomic E-state index is 12.1. The van der Waals surface area contributed by atoms with E-state index in [0.29, 0.717) is 12.3 Å². The topological polar surface area (TPSA) is 47.0 Å². The van der Waals surface area contributed by atoms with Crippen LogP contribution >= 0.6 is 0 Å². The molecule has 20 heavy (non-hydrogen) atoms. The van der Waals surface area contributed by atoms with Crippen LogP contribution < -0.4 is 10.4 Å². The normalized spacial score (nSPS) is 10.9. The van der Waals surface area contributed by atoms with Gasteiger partial charge in [0.25, 0.3) is 0 Å². The van der Waals surface area contributed by atoms with E-state index in [9.17, 15) is 4.79 Å². The van der Waals surface area contributed by atoms with Gasteiger partial charge in [0.1, 0.15) is 11.3 Å². The van der Waals surface area contributed by atoms with Crippen molar-refractivity contribution in [2.24, 2.45) is 0 Å². The molecule has 2 aromatic carbocycles. The number of hydrogen-bond acceptors (Lipinski definition) is 2. The maximum atomic E-state index is 12.1. The molecule has 0 bridgehead atoms. The summed E-state index contributed by atoms with van der Waals surface area (Å²) in [5.74, 6) is 0.702. The first-order valence-electron chi connectivity index (χ1n) is 6.50. The van der Waals surface area contributed by atoms with Crippen molar-refractivity contribution in [3.05, 3.63) is 64.1 Å². The van der Waals surface area contributed by atoms with E-state index in [4.69, 9.17) is 4.74 Å². The van der Waals surface area contributed by atoms with Crippen molar-refractivity contribution in [3.8, 4) is 5.75 Å². The van der Waals surface area contributed by atoms with Crippen LogP contribution in [0.1, 0.15) is 11.1 Å². The number of rotatable bonds is 3. The van der Waals surface area contributed by atoms with Gasteiger partial charge in [-0.2, -0.15) is 0 Å². The molecule has 3 rings (SSSR count).